The second-order valence-electron chi connectivity index (χ2n) is 6.26. The molecule has 1 heterocycles. The zero-order chi connectivity index (χ0) is 15.6. The quantitative estimate of drug-likeness (QED) is 0.815. The van der Waals surface area contributed by atoms with Gasteiger partial charge in [-0.1, -0.05) is 6.07 Å². The van der Waals surface area contributed by atoms with Crippen LogP contribution in [-0.4, -0.2) is 35.7 Å². The summed E-state index contributed by atoms with van der Waals surface area (Å²) in [7, 11) is 0. The number of hydrogen-bond donors (Lipinski definition) is 2. The molecule has 1 unspecified atom stereocenters. The molecule has 114 valence electrons. The zero-order valence-electron chi connectivity index (χ0n) is 12.6. The predicted molar refractivity (Wildman–Crippen MR) is 78.6 cm³/mol. The molecule has 1 aliphatic rings. The molecule has 1 aliphatic heterocycles. The monoisotopic (exact) mass is 291 g/mol. The lowest BCUT2D eigenvalue weighted by Crippen LogP contribution is -2.32. The molecular formula is C16H21NO4. The number of carboxylic acid groups (broad SMARTS) is 1. The third-order valence-corrected chi connectivity index (χ3v) is 3.38. The fourth-order valence-corrected chi connectivity index (χ4v) is 2.46. The number of carbonyl (C=O) groups excluding carboxylic acids is 1. The first-order valence-corrected chi connectivity index (χ1v) is 7.07. The SMILES string of the molecule is CC(C)(C)OC(=O)C1CNCCc2cc(C(=O)O)ccc21. The topological polar surface area (TPSA) is 75.6 Å². The molecule has 0 amide bonds. The Bertz CT molecular complexity index is 560. The summed E-state index contributed by atoms with van der Waals surface area (Å²) in [5.41, 5.74) is 1.47. The Hall–Kier alpha value is -1.88. The van der Waals surface area contributed by atoms with E-state index >= 15 is 0 Å². The van der Waals surface area contributed by atoms with E-state index in [1.807, 2.05) is 20.8 Å². The van der Waals surface area contributed by atoms with Crippen molar-refractivity contribution in [3.63, 3.8) is 0 Å². The molecule has 2 N–H and O–H groups in total. The molecule has 2 rings (SSSR count). The number of fused-ring (bicyclic) bond motifs is 1. The number of rotatable bonds is 2. The number of ether oxygens (including phenoxy) is 1. The highest BCUT2D eigenvalue weighted by Gasteiger charge is 2.29. The van der Waals surface area contributed by atoms with Crippen LogP contribution < -0.4 is 5.32 Å². The number of carboxylic acids is 1. The van der Waals surface area contributed by atoms with E-state index < -0.39 is 17.5 Å². The highest BCUT2D eigenvalue weighted by atomic mass is 16.6. The molecule has 0 saturated heterocycles. The molecule has 0 saturated carbocycles. The first-order valence-electron chi connectivity index (χ1n) is 7.07. The van der Waals surface area contributed by atoms with Gasteiger partial charge in [0.1, 0.15) is 5.60 Å². The Labute approximate surface area is 124 Å². The van der Waals surface area contributed by atoms with Crippen molar-refractivity contribution in [1.82, 2.24) is 5.32 Å². The van der Waals surface area contributed by atoms with Crippen LogP contribution in [-0.2, 0) is 16.0 Å². The van der Waals surface area contributed by atoms with Gasteiger partial charge in [-0.3, -0.25) is 4.79 Å². The molecular weight excluding hydrogens is 270 g/mol. The van der Waals surface area contributed by atoms with Crippen LogP contribution in [0.1, 0.15) is 48.2 Å². The maximum atomic E-state index is 12.4. The van der Waals surface area contributed by atoms with Crippen molar-refractivity contribution in [2.75, 3.05) is 13.1 Å². The highest BCUT2D eigenvalue weighted by molar-refractivity contribution is 5.88. The average molecular weight is 291 g/mol. The summed E-state index contributed by atoms with van der Waals surface area (Å²) in [5, 5.41) is 12.3. The first kappa shape index (κ1) is 15.5. The van der Waals surface area contributed by atoms with Gasteiger partial charge in [0.2, 0.25) is 0 Å². The molecule has 0 aliphatic carbocycles. The largest absolute Gasteiger partial charge is 0.478 e. The van der Waals surface area contributed by atoms with E-state index in [9.17, 15) is 9.59 Å². The van der Waals surface area contributed by atoms with Crippen molar-refractivity contribution in [3.05, 3.63) is 34.9 Å². The third-order valence-electron chi connectivity index (χ3n) is 3.38. The fraction of sp³-hybridized carbons (Fsp3) is 0.500. The van der Waals surface area contributed by atoms with Crippen LogP contribution in [0, 0.1) is 0 Å². The van der Waals surface area contributed by atoms with Gasteiger partial charge in [-0.05, 0) is 57.0 Å². The lowest BCUT2D eigenvalue weighted by molar-refractivity contribution is -0.156. The third kappa shape index (κ3) is 3.82. The molecule has 1 atom stereocenters. The summed E-state index contributed by atoms with van der Waals surface area (Å²) in [6.45, 7) is 6.74. The van der Waals surface area contributed by atoms with Gasteiger partial charge in [0.15, 0.2) is 0 Å². The molecule has 5 nitrogen and oxygen atoms in total. The van der Waals surface area contributed by atoms with Gasteiger partial charge >= 0.3 is 11.9 Å². The molecule has 21 heavy (non-hydrogen) atoms. The van der Waals surface area contributed by atoms with E-state index in [0.717, 1.165) is 17.7 Å². The summed E-state index contributed by atoms with van der Waals surface area (Å²) >= 11 is 0. The second-order valence-corrected chi connectivity index (χ2v) is 6.26. The van der Waals surface area contributed by atoms with Crippen molar-refractivity contribution < 1.29 is 19.4 Å². The van der Waals surface area contributed by atoms with E-state index in [-0.39, 0.29) is 11.5 Å². The first-order chi connectivity index (χ1) is 9.78. The van der Waals surface area contributed by atoms with Crippen molar-refractivity contribution in [3.8, 4) is 0 Å². The van der Waals surface area contributed by atoms with Crippen molar-refractivity contribution in [2.24, 2.45) is 0 Å². The minimum Gasteiger partial charge on any atom is -0.478 e. The summed E-state index contributed by atoms with van der Waals surface area (Å²) in [6.07, 6.45) is 0.704. The molecule has 1 aromatic carbocycles. The molecule has 0 fully saturated rings. The Morgan fingerprint density at radius 1 is 1.33 bits per heavy atom. The van der Waals surface area contributed by atoms with Gasteiger partial charge in [-0.2, -0.15) is 0 Å². The lowest BCUT2D eigenvalue weighted by atomic mass is 9.92. The van der Waals surface area contributed by atoms with Gasteiger partial charge < -0.3 is 15.2 Å². The smallest absolute Gasteiger partial charge is 0.335 e. The summed E-state index contributed by atoms with van der Waals surface area (Å²) < 4.78 is 5.47. The van der Waals surface area contributed by atoms with Crippen LogP contribution >= 0.6 is 0 Å². The van der Waals surface area contributed by atoms with E-state index in [0.29, 0.717) is 13.0 Å². The standard InChI is InChI=1S/C16H21NO4/c1-16(2,3)21-15(20)13-9-17-7-6-10-8-11(14(18)19)4-5-12(10)13/h4-5,8,13,17H,6-7,9H2,1-3H3,(H,18,19). The van der Waals surface area contributed by atoms with Crippen molar-refractivity contribution in [2.45, 2.75) is 38.7 Å². The van der Waals surface area contributed by atoms with Crippen LogP contribution in [0.5, 0.6) is 0 Å². The van der Waals surface area contributed by atoms with Crippen LogP contribution in [0.25, 0.3) is 0 Å². The lowest BCUT2D eigenvalue weighted by Gasteiger charge is -2.24. The number of carbonyl (C=O) groups is 2. The summed E-state index contributed by atoms with van der Waals surface area (Å²) in [5.74, 6) is -1.63. The van der Waals surface area contributed by atoms with E-state index in [1.165, 1.54) is 0 Å². The Morgan fingerprint density at radius 3 is 2.67 bits per heavy atom. The number of esters is 1. The zero-order valence-corrected chi connectivity index (χ0v) is 12.6. The summed E-state index contributed by atoms with van der Waals surface area (Å²) in [4.78, 5) is 23.4. The highest BCUT2D eigenvalue weighted by Crippen LogP contribution is 2.26. The number of hydrogen-bond acceptors (Lipinski definition) is 4. The normalized spacial score (nSPS) is 18.5. The molecule has 0 aromatic heterocycles. The number of aromatic carboxylic acids is 1. The Morgan fingerprint density at radius 2 is 2.05 bits per heavy atom. The molecule has 0 spiro atoms. The minimum absolute atomic E-state index is 0.249. The minimum atomic E-state index is -0.955. The average Bonchev–Trinajstić information content (AvgIpc) is 2.57. The summed E-state index contributed by atoms with van der Waals surface area (Å²) in [6, 6.07) is 4.94. The number of benzene rings is 1. The maximum absolute atomic E-state index is 12.4. The van der Waals surface area contributed by atoms with E-state index in [1.54, 1.807) is 18.2 Å². The van der Waals surface area contributed by atoms with Crippen LogP contribution in [0.3, 0.4) is 0 Å². The van der Waals surface area contributed by atoms with Gasteiger partial charge in [0.25, 0.3) is 0 Å². The van der Waals surface area contributed by atoms with E-state index in [4.69, 9.17) is 9.84 Å². The van der Waals surface area contributed by atoms with Gasteiger partial charge in [0.05, 0.1) is 11.5 Å². The molecule has 0 radical (unpaired) electrons. The maximum Gasteiger partial charge on any atom is 0.335 e. The predicted octanol–water partition coefficient (Wildman–Crippen LogP) is 1.96. The fourth-order valence-electron chi connectivity index (χ4n) is 2.46. The molecule has 0 bridgehead atoms. The molecule has 1 aromatic rings. The van der Waals surface area contributed by atoms with Gasteiger partial charge in [-0.25, -0.2) is 4.79 Å². The Kier molecular flexibility index (Phi) is 4.32. The van der Waals surface area contributed by atoms with Crippen molar-refractivity contribution in [1.29, 1.82) is 0 Å². The van der Waals surface area contributed by atoms with Gasteiger partial charge in [-0.15, -0.1) is 0 Å². The van der Waals surface area contributed by atoms with Gasteiger partial charge in [0, 0.05) is 6.54 Å². The van der Waals surface area contributed by atoms with Crippen LogP contribution in [0.2, 0.25) is 0 Å². The van der Waals surface area contributed by atoms with E-state index in [2.05, 4.69) is 5.32 Å². The van der Waals surface area contributed by atoms with Crippen molar-refractivity contribution >= 4 is 11.9 Å². The number of nitrogens with one attached hydrogen (secondary N) is 1. The Balaban J connectivity index is 2.34. The molecule has 5 heteroatoms. The van der Waals surface area contributed by atoms with Crippen LogP contribution in [0.4, 0.5) is 0 Å². The van der Waals surface area contributed by atoms with Crippen LogP contribution in [0.15, 0.2) is 18.2 Å². The second kappa shape index (κ2) is 5.85.